The zero-order valence-electron chi connectivity index (χ0n) is 12.4. The molecule has 0 aromatic carbocycles. The number of carbonyl (C=O) groups excluding carboxylic acids is 1. The number of nitrogens with zero attached hydrogens (tertiary/aromatic N) is 2. The molecule has 1 heterocycles. The van der Waals surface area contributed by atoms with Crippen molar-refractivity contribution >= 4 is 5.91 Å². The van der Waals surface area contributed by atoms with E-state index in [1.54, 1.807) is 0 Å². The summed E-state index contributed by atoms with van der Waals surface area (Å²) >= 11 is 0. The van der Waals surface area contributed by atoms with Crippen molar-refractivity contribution in [1.29, 1.82) is 0 Å². The summed E-state index contributed by atoms with van der Waals surface area (Å²) in [6, 6.07) is 0. The van der Waals surface area contributed by atoms with Gasteiger partial charge in [-0.1, -0.05) is 38.8 Å². The number of rotatable bonds is 4. The molecule has 2 rings (SSSR count). The van der Waals surface area contributed by atoms with Gasteiger partial charge in [0.2, 0.25) is 11.8 Å². The molecule has 1 saturated carbocycles. The van der Waals surface area contributed by atoms with Crippen molar-refractivity contribution in [2.75, 3.05) is 0 Å². The Hall–Kier alpha value is -1.43. The van der Waals surface area contributed by atoms with Gasteiger partial charge in [-0.15, -0.1) is 0 Å². The lowest BCUT2D eigenvalue weighted by Crippen LogP contribution is -2.34. The van der Waals surface area contributed by atoms with Crippen LogP contribution in [0.3, 0.4) is 0 Å². The van der Waals surface area contributed by atoms with E-state index in [4.69, 9.17) is 4.52 Å². The summed E-state index contributed by atoms with van der Waals surface area (Å²) in [5.74, 6) is 0.842. The molecule has 1 aliphatic rings. The third kappa shape index (κ3) is 3.79. The van der Waals surface area contributed by atoms with Gasteiger partial charge in [-0.2, -0.15) is 4.98 Å². The number of aromatic nitrogens is 2. The van der Waals surface area contributed by atoms with Gasteiger partial charge in [0.1, 0.15) is 0 Å². The Morgan fingerprint density at radius 3 is 2.60 bits per heavy atom. The van der Waals surface area contributed by atoms with E-state index < -0.39 is 5.60 Å². The highest BCUT2D eigenvalue weighted by Crippen LogP contribution is 2.32. The van der Waals surface area contributed by atoms with Gasteiger partial charge in [-0.25, -0.2) is 0 Å². The van der Waals surface area contributed by atoms with Crippen LogP contribution in [0.2, 0.25) is 0 Å². The van der Waals surface area contributed by atoms with Gasteiger partial charge in [-0.3, -0.25) is 4.79 Å². The van der Waals surface area contributed by atoms with Crippen LogP contribution in [0.15, 0.2) is 4.52 Å². The van der Waals surface area contributed by atoms with Gasteiger partial charge in [0.25, 0.3) is 0 Å². The van der Waals surface area contributed by atoms with Crippen LogP contribution in [0.25, 0.3) is 0 Å². The smallest absolute Gasteiger partial charge is 0.232 e. The number of hydrogen-bond donors (Lipinski definition) is 2. The van der Waals surface area contributed by atoms with E-state index in [1.165, 1.54) is 0 Å². The summed E-state index contributed by atoms with van der Waals surface area (Å²) < 4.78 is 5.15. The predicted octanol–water partition coefficient (Wildman–Crippen LogP) is 1.68. The number of hydrogen-bond acceptors (Lipinski definition) is 5. The Balaban J connectivity index is 1.83. The molecule has 112 valence electrons. The molecule has 0 bridgehead atoms. The van der Waals surface area contributed by atoms with E-state index in [2.05, 4.69) is 15.5 Å². The zero-order valence-corrected chi connectivity index (χ0v) is 12.4. The quantitative estimate of drug-likeness (QED) is 0.876. The van der Waals surface area contributed by atoms with Gasteiger partial charge in [-0.05, 0) is 12.8 Å². The molecule has 0 saturated heterocycles. The molecule has 1 aromatic rings. The van der Waals surface area contributed by atoms with Crippen LogP contribution in [0.1, 0.15) is 64.6 Å². The normalized spacial score (nSPS) is 18.2. The van der Waals surface area contributed by atoms with Crippen molar-refractivity contribution in [3.05, 3.63) is 11.7 Å². The molecule has 6 heteroatoms. The Bertz CT molecular complexity index is 470. The first kappa shape index (κ1) is 15.0. The maximum atomic E-state index is 11.8. The van der Waals surface area contributed by atoms with Crippen molar-refractivity contribution in [1.82, 2.24) is 15.5 Å². The molecule has 1 fully saturated rings. The van der Waals surface area contributed by atoms with Crippen LogP contribution < -0.4 is 5.32 Å². The molecule has 1 aromatic heterocycles. The number of nitrogens with one attached hydrogen (secondary N) is 1. The minimum absolute atomic E-state index is 0.150. The highest BCUT2D eigenvalue weighted by Gasteiger charge is 2.33. The second kappa shape index (κ2) is 5.52. The van der Waals surface area contributed by atoms with Crippen LogP contribution in [-0.2, 0) is 16.8 Å². The van der Waals surface area contributed by atoms with Crippen LogP contribution in [0.5, 0.6) is 0 Å². The average Bonchev–Trinajstić information content (AvgIpc) is 2.94. The summed E-state index contributed by atoms with van der Waals surface area (Å²) in [5.41, 5.74) is -1.02. The molecule has 2 N–H and O–H groups in total. The van der Waals surface area contributed by atoms with Crippen molar-refractivity contribution < 1.29 is 14.4 Å². The molecule has 20 heavy (non-hydrogen) atoms. The fraction of sp³-hybridized carbons (Fsp3) is 0.786. The van der Waals surface area contributed by atoms with Gasteiger partial charge < -0.3 is 14.9 Å². The highest BCUT2D eigenvalue weighted by molar-refractivity contribution is 5.76. The Kier molecular flexibility index (Phi) is 4.13. The largest absolute Gasteiger partial charge is 0.389 e. The zero-order chi connectivity index (χ0) is 14.8. The van der Waals surface area contributed by atoms with Crippen molar-refractivity contribution in [2.45, 2.75) is 70.4 Å². The maximum Gasteiger partial charge on any atom is 0.232 e. The molecular weight excluding hydrogens is 258 g/mol. The summed E-state index contributed by atoms with van der Waals surface area (Å²) in [7, 11) is 0. The van der Waals surface area contributed by atoms with E-state index in [0.717, 1.165) is 12.8 Å². The minimum atomic E-state index is -0.822. The van der Waals surface area contributed by atoms with Gasteiger partial charge in [0.05, 0.1) is 18.6 Å². The standard InChI is InChI=1S/C14H23N3O3/c1-13(2,3)12-16-10(17-20-12)9-15-11(18)8-14(19)6-4-5-7-14/h19H,4-9H2,1-3H3,(H,15,18). The second-order valence-corrected chi connectivity index (χ2v) is 6.65. The molecule has 0 unspecified atom stereocenters. The second-order valence-electron chi connectivity index (χ2n) is 6.65. The third-order valence-corrected chi connectivity index (χ3v) is 3.58. The third-order valence-electron chi connectivity index (χ3n) is 3.58. The minimum Gasteiger partial charge on any atom is -0.389 e. The van der Waals surface area contributed by atoms with E-state index in [9.17, 15) is 9.90 Å². The topological polar surface area (TPSA) is 88.2 Å². The Morgan fingerprint density at radius 2 is 2.05 bits per heavy atom. The van der Waals surface area contributed by atoms with E-state index >= 15 is 0 Å². The maximum absolute atomic E-state index is 11.8. The summed E-state index contributed by atoms with van der Waals surface area (Å²) in [6.45, 7) is 6.18. The van der Waals surface area contributed by atoms with Crippen molar-refractivity contribution in [3.8, 4) is 0 Å². The lowest BCUT2D eigenvalue weighted by molar-refractivity contribution is -0.126. The van der Waals surface area contributed by atoms with E-state index in [1.807, 2.05) is 20.8 Å². The first-order valence-electron chi connectivity index (χ1n) is 7.11. The number of carbonyl (C=O) groups is 1. The van der Waals surface area contributed by atoms with Gasteiger partial charge >= 0.3 is 0 Å². The molecule has 1 amide bonds. The van der Waals surface area contributed by atoms with Gasteiger partial charge in [0, 0.05) is 5.41 Å². The molecule has 0 radical (unpaired) electrons. The molecule has 0 spiro atoms. The summed E-state index contributed by atoms with van der Waals surface area (Å²) in [6.07, 6.45) is 3.54. The van der Waals surface area contributed by atoms with Crippen LogP contribution in [0.4, 0.5) is 0 Å². The predicted molar refractivity (Wildman–Crippen MR) is 72.9 cm³/mol. The van der Waals surface area contributed by atoms with Crippen LogP contribution in [-0.4, -0.2) is 26.8 Å². The lowest BCUT2D eigenvalue weighted by Gasteiger charge is -2.20. The lowest BCUT2D eigenvalue weighted by atomic mass is 9.97. The molecule has 6 nitrogen and oxygen atoms in total. The van der Waals surface area contributed by atoms with Crippen LogP contribution in [0, 0.1) is 0 Å². The van der Waals surface area contributed by atoms with E-state index in [0.29, 0.717) is 24.6 Å². The number of aliphatic hydroxyl groups is 1. The summed E-state index contributed by atoms with van der Waals surface area (Å²) in [4.78, 5) is 16.1. The van der Waals surface area contributed by atoms with E-state index in [-0.39, 0.29) is 24.3 Å². The molecule has 0 aliphatic heterocycles. The first-order chi connectivity index (χ1) is 9.28. The first-order valence-corrected chi connectivity index (χ1v) is 7.11. The van der Waals surface area contributed by atoms with Gasteiger partial charge in [0.15, 0.2) is 5.82 Å². The highest BCUT2D eigenvalue weighted by atomic mass is 16.5. The molecule has 1 aliphatic carbocycles. The Labute approximate surface area is 118 Å². The SMILES string of the molecule is CC(C)(C)c1nc(CNC(=O)CC2(O)CCCC2)no1. The number of amides is 1. The van der Waals surface area contributed by atoms with Crippen molar-refractivity contribution in [3.63, 3.8) is 0 Å². The summed E-state index contributed by atoms with van der Waals surface area (Å²) in [5, 5.41) is 16.7. The average molecular weight is 281 g/mol. The fourth-order valence-corrected chi connectivity index (χ4v) is 2.38. The van der Waals surface area contributed by atoms with Crippen molar-refractivity contribution in [2.24, 2.45) is 0 Å². The van der Waals surface area contributed by atoms with Crippen LogP contribution >= 0.6 is 0 Å². The Morgan fingerprint density at radius 1 is 1.40 bits per heavy atom. The monoisotopic (exact) mass is 281 g/mol. The molecular formula is C14H23N3O3. The fourth-order valence-electron chi connectivity index (χ4n) is 2.38. The molecule has 0 atom stereocenters.